The van der Waals surface area contributed by atoms with Gasteiger partial charge in [-0.1, -0.05) is 0 Å². The number of piperidine rings is 1. The minimum absolute atomic E-state index is 0.311. The Morgan fingerprint density at radius 1 is 1.29 bits per heavy atom. The summed E-state index contributed by atoms with van der Waals surface area (Å²) in [6.07, 6.45) is 3.34. The number of likely N-dealkylation sites (tertiary alicyclic amines) is 1. The molecule has 2 heterocycles. The van der Waals surface area contributed by atoms with E-state index in [0.717, 1.165) is 45.1 Å². The minimum Gasteiger partial charge on any atom is -0.381 e. The highest BCUT2D eigenvalue weighted by Crippen LogP contribution is 2.20. The molecule has 2 aliphatic heterocycles. The fraction of sp³-hybridized carbons (Fsp3) is 0.909. The van der Waals surface area contributed by atoms with Gasteiger partial charge in [0.2, 0.25) is 0 Å². The highest BCUT2D eigenvalue weighted by molar-refractivity contribution is 4.87. The second kappa shape index (κ2) is 4.77. The standard InChI is InChI=1S/C11H18N2O/c12-7-10-1-4-13(5-2-10)8-11-3-6-14-9-11/h10-11H,1-6,8-9H2. The number of hydrogen-bond donors (Lipinski definition) is 0. The van der Waals surface area contributed by atoms with Crippen molar-refractivity contribution in [2.24, 2.45) is 11.8 Å². The Kier molecular flexibility index (Phi) is 3.39. The Hall–Kier alpha value is -0.590. The molecule has 2 aliphatic rings. The van der Waals surface area contributed by atoms with Crippen molar-refractivity contribution in [1.29, 1.82) is 5.26 Å². The topological polar surface area (TPSA) is 36.3 Å². The van der Waals surface area contributed by atoms with Crippen molar-refractivity contribution in [3.63, 3.8) is 0 Å². The Balaban J connectivity index is 1.70. The molecule has 0 radical (unpaired) electrons. The zero-order valence-corrected chi connectivity index (χ0v) is 8.61. The van der Waals surface area contributed by atoms with Crippen LogP contribution in [0.25, 0.3) is 0 Å². The van der Waals surface area contributed by atoms with Crippen LogP contribution in [0.2, 0.25) is 0 Å². The normalized spacial score (nSPS) is 30.4. The summed E-state index contributed by atoms with van der Waals surface area (Å²) in [7, 11) is 0. The number of rotatable bonds is 2. The summed E-state index contributed by atoms with van der Waals surface area (Å²) in [5.74, 6) is 1.06. The summed E-state index contributed by atoms with van der Waals surface area (Å²) in [4.78, 5) is 2.49. The van der Waals surface area contributed by atoms with Crippen LogP contribution in [0.1, 0.15) is 19.3 Å². The maximum atomic E-state index is 8.77. The van der Waals surface area contributed by atoms with Gasteiger partial charge in [0.1, 0.15) is 0 Å². The smallest absolute Gasteiger partial charge is 0.0656 e. The Bertz CT molecular complexity index is 210. The van der Waals surface area contributed by atoms with Crippen molar-refractivity contribution in [2.75, 3.05) is 32.8 Å². The van der Waals surface area contributed by atoms with E-state index in [9.17, 15) is 0 Å². The molecule has 3 heteroatoms. The van der Waals surface area contributed by atoms with Crippen LogP contribution >= 0.6 is 0 Å². The van der Waals surface area contributed by atoms with Gasteiger partial charge in [-0.05, 0) is 38.3 Å². The lowest BCUT2D eigenvalue weighted by molar-refractivity contribution is 0.149. The second-order valence-electron chi connectivity index (χ2n) is 4.43. The number of hydrogen-bond acceptors (Lipinski definition) is 3. The van der Waals surface area contributed by atoms with Gasteiger partial charge in [0.15, 0.2) is 0 Å². The average Bonchev–Trinajstić information content (AvgIpc) is 2.72. The summed E-state index contributed by atoms with van der Waals surface area (Å²) in [5.41, 5.74) is 0. The molecule has 0 aromatic rings. The Morgan fingerprint density at radius 3 is 2.64 bits per heavy atom. The lowest BCUT2D eigenvalue weighted by Gasteiger charge is -2.30. The molecule has 0 saturated carbocycles. The number of nitrogens with zero attached hydrogens (tertiary/aromatic N) is 2. The van der Waals surface area contributed by atoms with E-state index in [-0.39, 0.29) is 0 Å². The van der Waals surface area contributed by atoms with Gasteiger partial charge in [0, 0.05) is 19.1 Å². The summed E-state index contributed by atoms with van der Waals surface area (Å²) in [5, 5.41) is 8.77. The Morgan fingerprint density at radius 2 is 2.07 bits per heavy atom. The third kappa shape index (κ3) is 2.46. The van der Waals surface area contributed by atoms with E-state index < -0.39 is 0 Å². The highest BCUT2D eigenvalue weighted by Gasteiger charge is 2.23. The molecule has 0 aromatic carbocycles. The first-order chi connectivity index (χ1) is 6.88. The van der Waals surface area contributed by atoms with Crippen LogP contribution in [-0.4, -0.2) is 37.7 Å². The van der Waals surface area contributed by atoms with E-state index in [4.69, 9.17) is 10.00 Å². The average molecular weight is 194 g/mol. The molecule has 2 rings (SSSR count). The quantitative estimate of drug-likeness (QED) is 0.664. The number of nitriles is 1. The van der Waals surface area contributed by atoms with Gasteiger partial charge < -0.3 is 9.64 Å². The van der Waals surface area contributed by atoms with Gasteiger partial charge in [-0.25, -0.2) is 0 Å². The second-order valence-corrected chi connectivity index (χ2v) is 4.43. The van der Waals surface area contributed by atoms with Crippen molar-refractivity contribution >= 4 is 0 Å². The zero-order valence-electron chi connectivity index (χ0n) is 8.61. The van der Waals surface area contributed by atoms with Gasteiger partial charge in [0.05, 0.1) is 12.7 Å². The van der Waals surface area contributed by atoms with E-state index in [0.29, 0.717) is 5.92 Å². The maximum Gasteiger partial charge on any atom is 0.0656 e. The van der Waals surface area contributed by atoms with Gasteiger partial charge in [-0.3, -0.25) is 0 Å². The van der Waals surface area contributed by atoms with E-state index in [1.54, 1.807) is 0 Å². The molecule has 0 N–H and O–H groups in total. The molecule has 0 spiro atoms. The third-order valence-corrected chi connectivity index (χ3v) is 3.31. The summed E-state index contributed by atoms with van der Waals surface area (Å²) in [6, 6.07) is 2.37. The first kappa shape index (κ1) is 9.95. The minimum atomic E-state index is 0.311. The molecular formula is C11H18N2O. The molecule has 0 amide bonds. The predicted molar refractivity (Wildman–Crippen MR) is 53.7 cm³/mol. The van der Waals surface area contributed by atoms with Crippen molar-refractivity contribution < 1.29 is 4.74 Å². The van der Waals surface area contributed by atoms with Crippen LogP contribution in [0.4, 0.5) is 0 Å². The molecule has 0 aromatic heterocycles. The van der Waals surface area contributed by atoms with E-state index in [2.05, 4.69) is 11.0 Å². The molecule has 2 fully saturated rings. The van der Waals surface area contributed by atoms with Crippen molar-refractivity contribution in [1.82, 2.24) is 4.90 Å². The molecule has 1 atom stereocenters. The lowest BCUT2D eigenvalue weighted by Crippen LogP contribution is -2.37. The number of ether oxygens (including phenoxy) is 1. The fourth-order valence-corrected chi connectivity index (χ4v) is 2.34. The van der Waals surface area contributed by atoms with Gasteiger partial charge in [0.25, 0.3) is 0 Å². The molecule has 0 aliphatic carbocycles. The summed E-state index contributed by atoms with van der Waals surface area (Å²) < 4.78 is 5.36. The maximum absolute atomic E-state index is 8.77. The first-order valence-electron chi connectivity index (χ1n) is 5.58. The van der Waals surface area contributed by atoms with Crippen LogP contribution in [0, 0.1) is 23.2 Å². The summed E-state index contributed by atoms with van der Waals surface area (Å²) in [6.45, 7) is 5.28. The van der Waals surface area contributed by atoms with Crippen molar-refractivity contribution in [2.45, 2.75) is 19.3 Å². The van der Waals surface area contributed by atoms with Crippen LogP contribution in [0.15, 0.2) is 0 Å². The highest BCUT2D eigenvalue weighted by atomic mass is 16.5. The van der Waals surface area contributed by atoms with E-state index in [1.165, 1.54) is 13.0 Å². The van der Waals surface area contributed by atoms with Crippen LogP contribution in [-0.2, 0) is 4.74 Å². The lowest BCUT2D eigenvalue weighted by atomic mass is 9.97. The van der Waals surface area contributed by atoms with Crippen LogP contribution in [0.3, 0.4) is 0 Å². The van der Waals surface area contributed by atoms with E-state index in [1.807, 2.05) is 0 Å². The van der Waals surface area contributed by atoms with E-state index >= 15 is 0 Å². The summed E-state index contributed by atoms with van der Waals surface area (Å²) >= 11 is 0. The largest absolute Gasteiger partial charge is 0.381 e. The van der Waals surface area contributed by atoms with Gasteiger partial charge in [-0.2, -0.15) is 5.26 Å². The van der Waals surface area contributed by atoms with Gasteiger partial charge >= 0.3 is 0 Å². The third-order valence-electron chi connectivity index (χ3n) is 3.31. The van der Waals surface area contributed by atoms with Gasteiger partial charge in [-0.15, -0.1) is 0 Å². The molecule has 2 saturated heterocycles. The van der Waals surface area contributed by atoms with Crippen LogP contribution in [0.5, 0.6) is 0 Å². The molecule has 1 unspecified atom stereocenters. The molecule has 78 valence electrons. The predicted octanol–water partition coefficient (Wildman–Crippen LogP) is 1.26. The van der Waals surface area contributed by atoms with Crippen LogP contribution < -0.4 is 0 Å². The molecule has 3 nitrogen and oxygen atoms in total. The SMILES string of the molecule is N#CC1CCN(CC2CCOC2)CC1. The zero-order chi connectivity index (χ0) is 9.80. The molecular weight excluding hydrogens is 176 g/mol. The first-order valence-corrected chi connectivity index (χ1v) is 5.58. The van der Waals surface area contributed by atoms with Crippen molar-refractivity contribution in [3.05, 3.63) is 0 Å². The Labute approximate surface area is 85.6 Å². The fourth-order valence-electron chi connectivity index (χ4n) is 2.34. The molecule has 14 heavy (non-hydrogen) atoms. The monoisotopic (exact) mass is 194 g/mol. The van der Waals surface area contributed by atoms with Crippen molar-refractivity contribution in [3.8, 4) is 6.07 Å². The molecule has 0 bridgehead atoms.